The van der Waals surface area contributed by atoms with Gasteiger partial charge in [0.05, 0.1) is 6.04 Å². The number of benzene rings is 3. The predicted octanol–water partition coefficient (Wildman–Crippen LogP) is 5.15. The molecule has 0 saturated carbocycles. The Hall–Kier alpha value is -2.83. The first-order chi connectivity index (χ1) is 15.0. The maximum atomic E-state index is 12.6. The van der Waals surface area contributed by atoms with Gasteiger partial charge in [-0.05, 0) is 51.9 Å². The van der Waals surface area contributed by atoms with E-state index in [-0.39, 0.29) is 11.8 Å². The van der Waals surface area contributed by atoms with Gasteiger partial charge in [-0.25, -0.2) is 0 Å². The van der Waals surface area contributed by atoms with Crippen LogP contribution in [0.4, 0.5) is 13.2 Å². The first kappa shape index (κ1) is 20.1. The van der Waals surface area contributed by atoms with Crippen molar-refractivity contribution < 1.29 is 17.9 Å². The van der Waals surface area contributed by atoms with Gasteiger partial charge in [0.15, 0.2) is 0 Å². The summed E-state index contributed by atoms with van der Waals surface area (Å²) < 4.78 is 41.7. The third-order valence-electron chi connectivity index (χ3n) is 6.08. The predicted molar refractivity (Wildman–Crippen MR) is 114 cm³/mol. The summed E-state index contributed by atoms with van der Waals surface area (Å²) >= 11 is 0. The molecule has 0 unspecified atom stereocenters. The van der Waals surface area contributed by atoms with Crippen molar-refractivity contribution in [3.8, 4) is 16.9 Å². The quantitative estimate of drug-likeness (QED) is 0.490. The Labute approximate surface area is 179 Å². The van der Waals surface area contributed by atoms with Crippen LogP contribution in [-0.4, -0.2) is 37.4 Å². The molecule has 0 radical (unpaired) electrons. The Bertz CT molecular complexity index is 1070. The van der Waals surface area contributed by atoms with Crippen molar-refractivity contribution in [2.75, 3.05) is 26.2 Å². The number of ether oxygens (including phenoxy) is 1. The van der Waals surface area contributed by atoms with Gasteiger partial charge in [0.2, 0.25) is 0 Å². The fourth-order valence-electron chi connectivity index (χ4n) is 4.74. The number of piperazine rings is 1. The lowest BCUT2D eigenvalue weighted by Gasteiger charge is -2.36. The van der Waals surface area contributed by atoms with Gasteiger partial charge < -0.3 is 10.1 Å². The zero-order valence-electron chi connectivity index (χ0n) is 17.0. The van der Waals surface area contributed by atoms with Crippen LogP contribution in [0.3, 0.4) is 0 Å². The lowest BCUT2D eigenvalue weighted by Crippen LogP contribution is -2.45. The lowest BCUT2D eigenvalue weighted by molar-refractivity contribution is -0.274. The van der Waals surface area contributed by atoms with Crippen LogP contribution in [0.1, 0.15) is 28.3 Å². The van der Waals surface area contributed by atoms with Crippen LogP contribution in [0, 0.1) is 0 Å². The van der Waals surface area contributed by atoms with E-state index in [0.717, 1.165) is 43.7 Å². The monoisotopic (exact) mass is 424 g/mol. The maximum Gasteiger partial charge on any atom is 0.573 e. The number of nitrogens with zero attached hydrogens (tertiary/aromatic N) is 1. The van der Waals surface area contributed by atoms with Gasteiger partial charge in [0.1, 0.15) is 5.75 Å². The lowest BCUT2D eigenvalue weighted by atomic mass is 9.93. The molecule has 3 aromatic rings. The number of hydrogen-bond donors (Lipinski definition) is 1. The molecule has 3 aromatic carbocycles. The molecule has 0 bridgehead atoms. The van der Waals surface area contributed by atoms with Crippen LogP contribution in [-0.2, 0) is 6.42 Å². The van der Waals surface area contributed by atoms with Gasteiger partial charge in [-0.1, -0.05) is 54.6 Å². The summed E-state index contributed by atoms with van der Waals surface area (Å²) in [4.78, 5) is 2.39. The SMILES string of the molecule is FC(F)(F)Oc1ccc([C@H](c2ccc3c(c2)Cc2ccccc2-3)N2CCNCC2)cc1. The number of fused-ring (bicyclic) bond motifs is 3. The highest BCUT2D eigenvalue weighted by atomic mass is 19.4. The molecule has 5 rings (SSSR count). The Morgan fingerprint density at radius 1 is 0.806 bits per heavy atom. The average Bonchev–Trinajstić information content (AvgIpc) is 3.13. The fourth-order valence-corrected chi connectivity index (χ4v) is 4.74. The van der Waals surface area contributed by atoms with Crippen molar-refractivity contribution >= 4 is 0 Å². The average molecular weight is 424 g/mol. The summed E-state index contributed by atoms with van der Waals surface area (Å²) in [5.41, 5.74) is 7.33. The second-order valence-corrected chi connectivity index (χ2v) is 8.06. The molecule has 1 atom stereocenters. The highest BCUT2D eigenvalue weighted by molar-refractivity contribution is 5.77. The number of nitrogens with one attached hydrogen (secondary N) is 1. The number of alkyl halides is 3. The molecule has 1 aliphatic carbocycles. The van der Waals surface area contributed by atoms with Crippen LogP contribution >= 0.6 is 0 Å². The molecule has 1 aliphatic heterocycles. The smallest absolute Gasteiger partial charge is 0.406 e. The Kier molecular flexibility index (Phi) is 5.20. The highest BCUT2D eigenvalue weighted by Gasteiger charge is 2.31. The maximum absolute atomic E-state index is 12.6. The van der Waals surface area contributed by atoms with Crippen molar-refractivity contribution in [3.05, 3.63) is 89.0 Å². The molecule has 6 heteroatoms. The first-order valence-corrected chi connectivity index (χ1v) is 10.5. The molecule has 1 fully saturated rings. The van der Waals surface area contributed by atoms with E-state index < -0.39 is 6.36 Å². The fraction of sp³-hybridized carbons (Fsp3) is 0.280. The number of halogens is 3. The minimum absolute atomic E-state index is 0.0175. The third-order valence-corrected chi connectivity index (χ3v) is 6.08. The van der Waals surface area contributed by atoms with E-state index in [1.165, 1.54) is 34.4 Å². The van der Waals surface area contributed by atoms with Crippen LogP contribution < -0.4 is 10.1 Å². The largest absolute Gasteiger partial charge is 0.573 e. The van der Waals surface area contributed by atoms with Crippen molar-refractivity contribution in [2.24, 2.45) is 0 Å². The van der Waals surface area contributed by atoms with Gasteiger partial charge >= 0.3 is 6.36 Å². The molecule has 160 valence electrons. The topological polar surface area (TPSA) is 24.5 Å². The minimum Gasteiger partial charge on any atom is -0.406 e. The van der Waals surface area contributed by atoms with Gasteiger partial charge in [0, 0.05) is 26.2 Å². The zero-order valence-corrected chi connectivity index (χ0v) is 17.0. The Balaban J connectivity index is 1.50. The van der Waals surface area contributed by atoms with Crippen molar-refractivity contribution in [1.82, 2.24) is 10.2 Å². The summed E-state index contributed by atoms with van der Waals surface area (Å²) in [5.74, 6) is -0.195. The van der Waals surface area contributed by atoms with Crippen LogP contribution in [0.25, 0.3) is 11.1 Å². The Morgan fingerprint density at radius 2 is 1.48 bits per heavy atom. The standard InChI is InChI=1S/C25H23F3N2O/c26-25(27,28)31-21-8-5-17(6-9-21)24(30-13-11-29-12-14-30)19-7-10-23-20(16-19)15-18-3-1-2-4-22(18)23/h1-10,16,24,29H,11-15H2/t24-/m1/s1. The summed E-state index contributed by atoms with van der Waals surface area (Å²) in [6, 6.07) is 21.4. The van der Waals surface area contributed by atoms with E-state index in [9.17, 15) is 13.2 Å². The molecule has 1 saturated heterocycles. The molecular formula is C25H23F3N2O. The van der Waals surface area contributed by atoms with E-state index in [0.29, 0.717) is 0 Å². The highest BCUT2D eigenvalue weighted by Crippen LogP contribution is 2.39. The molecule has 0 amide bonds. The zero-order chi connectivity index (χ0) is 21.4. The first-order valence-electron chi connectivity index (χ1n) is 10.5. The van der Waals surface area contributed by atoms with Crippen molar-refractivity contribution in [2.45, 2.75) is 18.8 Å². The van der Waals surface area contributed by atoms with Gasteiger partial charge in [0.25, 0.3) is 0 Å². The van der Waals surface area contributed by atoms with Gasteiger partial charge in [-0.3, -0.25) is 4.90 Å². The molecule has 31 heavy (non-hydrogen) atoms. The molecule has 2 aliphatic rings. The molecular weight excluding hydrogens is 401 g/mol. The second kappa shape index (κ2) is 8.02. The Morgan fingerprint density at radius 3 is 2.23 bits per heavy atom. The van der Waals surface area contributed by atoms with Crippen LogP contribution in [0.15, 0.2) is 66.7 Å². The van der Waals surface area contributed by atoms with E-state index in [2.05, 4.69) is 57.4 Å². The number of hydrogen-bond acceptors (Lipinski definition) is 3. The molecule has 0 aromatic heterocycles. The van der Waals surface area contributed by atoms with Crippen molar-refractivity contribution in [3.63, 3.8) is 0 Å². The summed E-state index contributed by atoms with van der Waals surface area (Å²) in [7, 11) is 0. The van der Waals surface area contributed by atoms with E-state index in [4.69, 9.17) is 0 Å². The molecule has 1 heterocycles. The number of rotatable bonds is 4. The van der Waals surface area contributed by atoms with E-state index in [1.54, 1.807) is 12.1 Å². The van der Waals surface area contributed by atoms with E-state index >= 15 is 0 Å². The second-order valence-electron chi connectivity index (χ2n) is 8.06. The van der Waals surface area contributed by atoms with Crippen LogP contribution in [0.5, 0.6) is 5.75 Å². The summed E-state index contributed by atoms with van der Waals surface area (Å²) in [6.07, 6.45) is -3.78. The molecule has 3 nitrogen and oxygen atoms in total. The van der Waals surface area contributed by atoms with Crippen molar-refractivity contribution in [1.29, 1.82) is 0 Å². The van der Waals surface area contributed by atoms with Gasteiger partial charge in [-0.2, -0.15) is 0 Å². The van der Waals surface area contributed by atoms with E-state index in [1.807, 2.05) is 0 Å². The van der Waals surface area contributed by atoms with Gasteiger partial charge in [-0.15, -0.1) is 13.2 Å². The molecule has 1 N–H and O–H groups in total. The summed E-state index contributed by atoms with van der Waals surface area (Å²) in [5, 5.41) is 3.37. The third kappa shape index (κ3) is 4.18. The van der Waals surface area contributed by atoms with Crippen LogP contribution in [0.2, 0.25) is 0 Å². The normalized spacial score (nSPS) is 17.1. The summed E-state index contributed by atoms with van der Waals surface area (Å²) in [6.45, 7) is 3.54. The minimum atomic E-state index is -4.69. The molecule has 0 spiro atoms.